The van der Waals surface area contributed by atoms with E-state index >= 15 is 0 Å². The van der Waals surface area contributed by atoms with E-state index in [-0.39, 0.29) is 24.0 Å². The Labute approximate surface area is 163 Å². The predicted octanol–water partition coefficient (Wildman–Crippen LogP) is 2.77. The average molecular weight is 446 g/mol. The van der Waals surface area contributed by atoms with Crippen molar-refractivity contribution in [1.29, 1.82) is 0 Å². The number of methoxy groups -OCH3 is 1. The molecular formula is C18H31IN4O. The molecule has 0 radical (unpaired) electrons. The van der Waals surface area contributed by atoms with E-state index in [1.165, 1.54) is 18.4 Å². The normalized spacial score (nSPS) is 15.7. The number of likely N-dealkylation sites (N-methyl/N-ethyl adjacent to an activating group) is 1. The summed E-state index contributed by atoms with van der Waals surface area (Å²) in [6, 6.07) is 7.52. The number of rotatable bonds is 7. The van der Waals surface area contributed by atoms with Crippen LogP contribution in [0.3, 0.4) is 0 Å². The number of aryl methyl sites for hydroxylation is 1. The van der Waals surface area contributed by atoms with E-state index in [0.29, 0.717) is 12.6 Å². The zero-order valence-corrected chi connectivity index (χ0v) is 17.8. The SMILES string of the molecule is CN=C(NCc1ccc(C)cc1OC)NCC(C)N(C)C1CC1.I. The minimum absolute atomic E-state index is 0. The fraction of sp³-hybridized carbons (Fsp3) is 0.611. The minimum Gasteiger partial charge on any atom is -0.496 e. The van der Waals surface area contributed by atoms with Gasteiger partial charge in [0.2, 0.25) is 0 Å². The highest BCUT2D eigenvalue weighted by atomic mass is 127. The third kappa shape index (κ3) is 6.12. The summed E-state index contributed by atoms with van der Waals surface area (Å²) >= 11 is 0. The summed E-state index contributed by atoms with van der Waals surface area (Å²) in [5, 5.41) is 6.77. The molecule has 0 aliphatic heterocycles. The zero-order valence-electron chi connectivity index (χ0n) is 15.4. The van der Waals surface area contributed by atoms with Gasteiger partial charge in [-0.25, -0.2) is 0 Å². The summed E-state index contributed by atoms with van der Waals surface area (Å²) in [5.41, 5.74) is 2.33. The van der Waals surface area contributed by atoms with Gasteiger partial charge >= 0.3 is 0 Å². The van der Waals surface area contributed by atoms with E-state index in [0.717, 1.165) is 29.9 Å². The summed E-state index contributed by atoms with van der Waals surface area (Å²) in [7, 11) is 5.72. The summed E-state index contributed by atoms with van der Waals surface area (Å²) in [6.07, 6.45) is 2.67. The third-order valence-corrected chi connectivity index (χ3v) is 4.50. The van der Waals surface area contributed by atoms with Crippen molar-refractivity contribution in [1.82, 2.24) is 15.5 Å². The number of nitrogens with zero attached hydrogens (tertiary/aromatic N) is 2. The molecule has 1 saturated carbocycles. The van der Waals surface area contributed by atoms with Crippen LogP contribution in [0.1, 0.15) is 30.9 Å². The second kappa shape index (κ2) is 10.1. The number of guanidine groups is 1. The quantitative estimate of drug-likeness (QED) is 0.384. The van der Waals surface area contributed by atoms with Crippen LogP contribution in [-0.2, 0) is 6.54 Å². The van der Waals surface area contributed by atoms with Gasteiger partial charge < -0.3 is 15.4 Å². The van der Waals surface area contributed by atoms with Crippen LogP contribution in [0, 0.1) is 6.92 Å². The number of aliphatic imine (C=N–C) groups is 1. The Hall–Kier alpha value is -1.02. The number of halogens is 1. The highest BCUT2D eigenvalue weighted by Gasteiger charge is 2.28. The van der Waals surface area contributed by atoms with Crippen LogP contribution < -0.4 is 15.4 Å². The number of benzene rings is 1. The maximum atomic E-state index is 5.45. The lowest BCUT2D eigenvalue weighted by molar-refractivity contribution is 0.247. The Kier molecular flexibility index (Phi) is 8.83. The number of hydrogen-bond donors (Lipinski definition) is 2. The first-order valence-corrected chi connectivity index (χ1v) is 8.35. The maximum absolute atomic E-state index is 5.45. The lowest BCUT2D eigenvalue weighted by Gasteiger charge is -2.25. The highest BCUT2D eigenvalue weighted by Crippen LogP contribution is 2.26. The molecular weight excluding hydrogens is 415 g/mol. The molecule has 0 heterocycles. The molecule has 2 rings (SSSR count). The van der Waals surface area contributed by atoms with Crippen molar-refractivity contribution in [2.75, 3.05) is 27.7 Å². The molecule has 1 aromatic rings. The monoisotopic (exact) mass is 446 g/mol. The summed E-state index contributed by atoms with van der Waals surface area (Å²) < 4.78 is 5.45. The van der Waals surface area contributed by atoms with Crippen molar-refractivity contribution < 1.29 is 4.74 Å². The van der Waals surface area contributed by atoms with Gasteiger partial charge in [-0.05, 0) is 45.4 Å². The second-order valence-corrected chi connectivity index (χ2v) is 6.37. The van der Waals surface area contributed by atoms with E-state index in [1.807, 2.05) is 0 Å². The molecule has 0 amide bonds. The maximum Gasteiger partial charge on any atom is 0.191 e. The first-order valence-electron chi connectivity index (χ1n) is 8.35. The molecule has 2 N–H and O–H groups in total. The molecule has 0 aromatic heterocycles. The first kappa shape index (κ1) is 21.0. The topological polar surface area (TPSA) is 48.9 Å². The van der Waals surface area contributed by atoms with Gasteiger partial charge in [-0.2, -0.15) is 0 Å². The van der Waals surface area contributed by atoms with Gasteiger partial charge in [0.15, 0.2) is 5.96 Å². The van der Waals surface area contributed by atoms with Crippen LogP contribution in [0.15, 0.2) is 23.2 Å². The third-order valence-electron chi connectivity index (χ3n) is 4.50. The van der Waals surface area contributed by atoms with Crippen molar-refractivity contribution in [3.63, 3.8) is 0 Å². The number of nitrogens with one attached hydrogen (secondary N) is 2. The smallest absolute Gasteiger partial charge is 0.191 e. The summed E-state index contributed by atoms with van der Waals surface area (Å²) in [4.78, 5) is 6.75. The lowest BCUT2D eigenvalue weighted by Crippen LogP contribution is -2.45. The Morgan fingerprint density at radius 2 is 2.08 bits per heavy atom. The molecule has 1 aromatic carbocycles. The Morgan fingerprint density at radius 1 is 1.38 bits per heavy atom. The zero-order chi connectivity index (χ0) is 16.8. The van der Waals surface area contributed by atoms with Crippen LogP contribution in [0.2, 0.25) is 0 Å². The van der Waals surface area contributed by atoms with E-state index in [2.05, 4.69) is 59.6 Å². The van der Waals surface area contributed by atoms with Gasteiger partial charge in [0, 0.05) is 37.8 Å². The highest BCUT2D eigenvalue weighted by molar-refractivity contribution is 14.0. The van der Waals surface area contributed by atoms with Gasteiger partial charge in [-0.15, -0.1) is 24.0 Å². The lowest BCUT2D eigenvalue weighted by atomic mass is 10.1. The fourth-order valence-corrected chi connectivity index (χ4v) is 2.63. The Bertz CT molecular complexity index is 546. The van der Waals surface area contributed by atoms with Gasteiger partial charge in [-0.3, -0.25) is 9.89 Å². The van der Waals surface area contributed by atoms with Gasteiger partial charge in [0.05, 0.1) is 7.11 Å². The molecule has 1 aliphatic rings. The molecule has 5 nitrogen and oxygen atoms in total. The van der Waals surface area contributed by atoms with Crippen LogP contribution >= 0.6 is 24.0 Å². The summed E-state index contributed by atoms with van der Waals surface area (Å²) in [6.45, 7) is 5.90. The van der Waals surface area contributed by atoms with Crippen LogP contribution in [0.4, 0.5) is 0 Å². The van der Waals surface area contributed by atoms with Crippen molar-refractivity contribution in [2.24, 2.45) is 4.99 Å². The van der Waals surface area contributed by atoms with Gasteiger partial charge in [0.25, 0.3) is 0 Å². The Balaban J connectivity index is 0.00000288. The van der Waals surface area contributed by atoms with Crippen molar-refractivity contribution >= 4 is 29.9 Å². The molecule has 0 saturated heterocycles. The second-order valence-electron chi connectivity index (χ2n) is 6.37. The fourth-order valence-electron chi connectivity index (χ4n) is 2.63. The first-order chi connectivity index (χ1) is 11.0. The van der Waals surface area contributed by atoms with E-state index < -0.39 is 0 Å². The standard InChI is InChI=1S/C18H30N4O.HI/c1-13-6-7-15(17(10-13)23-5)12-21-18(19-3)20-11-14(2)22(4)16-8-9-16;/h6-7,10,14,16H,8-9,11-12H2,1-5H3,(H2,19,20,21);1H. The van der Waals surface area contributed by atoms with Crippen LogP contribution in [0.5, 0.6) is 5.75 Å². The molecule has 136 valence electrons. The van der Waals surface area contributed by atoms with E-state index in [4.69, 9.17) is 4.74 Å². The molecule has 6 heteroatoms. The average Bonchev–Trinajstić information content (AvgIpc) is 3.39. The summed E-state index contributed by atoms with van der Waals surface area (Å²) in [5.74, 6) is 1.73. The van der Waals surface area contributed by atoms with Crippen LogP contribution in [0.25, 0.3) is 0 Å². The van der Waals surface area contributed by atoms with Crippen molar-refractivity contribution in [3.8, 4) is 5.75 Å². The predicted molar refractivity (Wildman–Crippen MR) is 112 cm³/mol. The Morgan fingerprint density at radius 3 is 2.67 bits per heavy atom. The van der Waals surface area contributed by atoms with Gasteiger partial charge in [-0.1, -0.05) is 12.1 Å². The molecule has 0 spiro atoms. The van der Waals surface area contributed by atoms with Gasteiger partial charge in [0.1, 0.15) is 5.75 Å². The van der Waals surface area contributed by atoms with E-state index in [1.54, 1.807) is 14.2 Å². The largest absolute Gasteiger partial charge is 0.496 e. The molecule has 1 fully saturated rings. The molecule has 24 heavy (non-hydrogen) atoms. The number of hydrogen-bond acceptors (Lipinski definition) is 3. The molecule has 0 bridgehead atoms. The van der Waals surface area contributed by atoms with Crippen molar-refractivity contribution in [2.45, 2.75) is 45.3 Å². The van der Waals surface area contributed by atoms with Crippen LogP contribution in [-0.4, -0.2) is 50.7 Å². The van der Waals surface area contributed by atoms with Crippen molar-refractivity contribution in [3.05, 3.63) is 29.3 Å². The van der Waals surface area contributed by atoms with E-state index in [9.17, 15) is 0 Å². The molecule has 1 unspecified atom stereocenters. The minimum atomic E-state index is 0. The molecule has 1 atom stereocenters. The number of ether oxygens (including phenoxy) is 1. The molecule has 1 aliphatic carbocycles.